The van der Waals surface area contributed by atoms with E-state index in [9.17, 15) is 19.2 Å². The van der Waals surface area contributed by atoms with E-state index in [1.54, 1.807) is 11.8 Å². The number of carbonyl (C=O) groups excluding carboxylic acids is 2. The van der Waals surface area contributed by atoms with Gasteiger partial charge in [0.25, 0.3) is 0 Å². The Morgan fingerprint density at radius 3 is 2.50 bits per heavy atom. The van der Waals surface area contributed by atoms with Crippen LogP contribution in [0.5, 0.6) is 11.5 Å². The number of aromatic nitrogens is 1. The number of hydrogen-bond donors (Lipinski definition) is 2. The van der Waals surface area contributed by atoms with Gasteiger partial charge in [-0.05, 0) is 54.0 Å². The molecule has 7 rings (SSSR count). The molecule has 0 radical (unpaired) electrons. The number of para-hydroxylation sites is 1. The molecule has 4 aliphatic rings. The number of likely N-dealkylation sites (tertiary alicyclic amines) is 1. The molecular weight excluding hydrogens is 524 g/mol. The van der Waals surface area contributed by atoms with Crippen LogP contribution in [-0.4, -0.2) is 44.6 Å². The summed E-state index contributed by atoms with van der Waals surface area (Å²) in [5.74, 6) is -0.925. The van der Waals surface area contributed by atoms with Crippen LogP contribution in [-0.2, 0) is 14.4 Å². The Balaban J connectivity index is 1.27. The Morgan fingerprint density at radius 1 is 1.00 bits per heavy atom. The number of benzene rings is 2. The van der Waals surface area contributed by atoms with Crippen LogP contribution in [0.1, 0.15) is 29.2 Å². The molecule has 2 bridgehead atoms. The van der Waals surface area contributed by atoms with Gasteiger partial charge >= 0.3 is 10.8 Å². The summed E-state index contributed by atoms with van der Waals surface area (Å²) < 4.78 is 6.11. The van der Waals surface area contributed by atoms with Crippen molar-refractivity contribution in [2.24, 2.45) is 29.6 Å². The zero-order valence-electron chi connectivity index (χ0n) is 20.1. The first-order chi connectivity index (χ1) is 18.4. The fraction of sp³-hybridized carbons (Fsp3) is 0.357. The molecule has 2 aromatic carbocycles. The molecule has 3 fully saturated rings. The van der Waals surface area contributed by atoms with Gasteiger partial charge in [0.05, 0.1) is 23.3 Å². The Bertz CT molecular complexity index is 1520. The average molecular weight is 549 g/mol. The van der Waals surface area contributed by atoms with Crippen molar-refractivity contribution in [3.63, 3.8) is 0 Å². The molecule has 1 saturated heterocycles. The minimum atomic E-state index is -1.03. The zero-order valence-corrected chi connectivity index (χ0v) is 21.7. The maximum Gasteiger partial charge on any atom is 0.305 e. The third-order valence-corrected chi connectivity index (χ3v) is 11.1. The van der Waals surface area contributed by atoms with E-state index in [1.165, 1.54) is 16.2 Å². The highest BCUT2D eigenvalue weighted by Gasteiger charge is 2.69. The van der Waals surface area contributed by atoms with Crippen molar-refractivity contribution >= 4 is 40.9 Å². The van der Waals surface area contributed by atoms with Gasteiger partial charge in [0, 0.05) is 22.6 Å². The third-order valence-electron chi connectivity index (χ3n) is 8.56. The molecule has 2 N–H and O–H groups in total. The lowest BCUT2D eigenvalue weighted by Gasteiger charge is -2.43. The molecule has 10 heteroatoms. The monoisotopic (exact) mass is 548 g/mol. The van der Waals surface area contributed by atoms with Gasteiger partial charge in [0.2, 0.25) is 11.8 Å². The number of thiazole rings is 1. The number of amides is 2. The molecule has 38 heavy (non-hydrogen) atoms. The Labute approximate surface area is 226 Å². The standard InChI is InChI=1S/C28H24N2O6S2/c31-18(32)9-10-30-26(33)21-16-12-17(22(21)27(30)34)23-20(16)19(24-25(37-23)29-28(35)38-24)13-5-4-8-15(11-13)36-14-6-2-1-3-7-14/h1-8,11,16-17,19-23H,9-10,12H2,(H,29,35)(H,31,32)/t16-,17-,19-,20-,21+,22-,23+/m1/s1. The van der Waals surface area contributed by atoms with Gasteiger partial charge in [-0.1, -0.05) is 41.7 Å². The number of nitrogens with zero attached hydrogens (tertiary/aromatic N) is 1. The van der Waals surface area contributed by atoms with Gasteiger partial charge in [0.15, 0.2) is 0 Å². The highest BCUT2D eigenvalue weighted by atomic mass is 32.2. The normalized spacial score (nSPS) is 30.7. The smallest absolute Gasteiger partial charge is 0.305 e. The summed E-state index contributed by atoms with van der Waals surface area (Å²) in [6.07, 6.45) is 0.543. The molecule has 3 heterocycles. The van der Waals surface area contributed by atoms with E-state index < -0.39 is 17.8 Å². The highest BCUT2D eigenvalue weighted by molar-refractivity contribution is 8.00. The van der Waals surface area contributed by atoms with Crippen LogP contribution in [0.15, 0.2) is 64.4 Å². The summed E-state index contributed by atoms with van der Waals surface area (Å²) in [6, 6.07) is 17.5. The number of nitrogens with one attached hydrogen (secondary N) is 1. The van der Waals surface area contributed by atoms with Gasteiger partial charge in [-0.15, -0.1) is 11.8 Å². The van der Waals surface area contributed by atoms with Gasteiger partial charge in [0.1, 0.15) is 11.5 Å². The lowest BCUT2D eigenvalue weighted by atomic mass is 9.68. The Kier molecular flexibility index (Phi) is 5.52. The number of carboxylic acids is 1. The van der Waals surface area contributed by atoms with Crippen molar-refractivity contribution in [1.82, 2.24) is 9.88 Å². The molecule has 2 aliphatic carbocycles. The first-order valence-electron chi connectivity index (χ1n) is 12.7. The average Bonchev–Trinajstić information content (AvgIpc) is 3.62. The largest absolute Gasteiger partial charge is 0.481 e. The molecule has 2 aliphatic heterocycles. The van der Waals surface area contributed by atoms with E-state index in [2.05, 4.69) is 4.98 Å². The van der Waals surface area contributed by atoms with Crippen molar-refractivity contribution in [2.75, 3.05) is 6.54 Å². The van der Waals surface area contributed by atoms with Crippen molar-refractivity contribution in [3.8, 4) is 11.5 Å². The van der Waals surface area contributed by atoms with Crippen molar-refractivity contribution in [3.05, 3.63) is 74.7 Å². The predicted molar refractivity (Wildman–Crippen MR) is 140 cm³/mol. The topological polar surface area (TPSA) is 117 Å². The second-order valence-corrected chi connectivity index (χ2v) is 12.6. The van der Waals surface area contributed by atoms with Crippen LogP contribution >= 0.6 is 23.1 Å². The van der Waals surface area contributed by atoms with Crippen LogP contribution in [0.25, 0.3) is 0 Å². The fourth-order valence-electron chi connectivity index (χ4n) is 7.28. The van der Waals surface area contributed by atoms with Gasteiger partial charge in [-0.25, -0.2) is 0 Å². The number of aromatic amines is 1. The maximum absolute atomic E-state index is 13.5. The lowest BCUT2D eigenvalue weighted by Crippen LogP contribution is -2.42. The summed E-state index contributed by atoms with van der Waals surface area (Å²) in [5.41, 5.74) is 1.02. The van der Waals surface area contributed by atoms with Crippen molar-refractivity contribution < 1.29 is 24.2 Å². The van der Waals surface area contributed by atoms with Crippen LogP contribution in [0.4, 0.5) is 0 Å². The molecule has 3 aromatic rings. The first-order valence-corrected chi connectivity index (χ1v) is 14.4. The second-order valence-electron chi connectivity index (χ2n) is 10.4. The lowest BCUT2D eigenvalue weighted by molar-refractivity contribution is -0.142. The number of rotatable bonds is 6. The number of carboxylic acid groups (broad SMARTS) is 1. The number of ether oxygens (including phenoxy) is 1. The van der Waals surface area contributed by atoms with Crippen LogP contribution in [0, 0.1) is 29.6 Å². The molecule has 194 valence electrons. The molecule has 0 spiro atoms. The molecule has 2 saturated carbocycles. The van der Waals surface area contributed by atoms with Crippen molar-refractivity contribution in [2.45, 2.75) is 29.0 Å². The number of imide groups is 1. The van der Waals surface area contributed by atoms with E-state index in [1.807, 2.05) is 54.6 Å². The molecule has 1 aromatic heterocycles. The highest BCUT2D eigenvalue weighted by Crippen LogP contribution is 2.68. The summed E-state index contributed by atoms with van der Waals surface area (Å²) in [4.78, 5) is 55.5. The zero-order chi connectivity index (χ0) is 26.1. The number of H-pyrrole nitrogens is 1. The summed E-state index contributed by atoms with van der Waals surface area (Å²) >= 11 is 2.85. The van der Waals surface area contributed by atoms with E-state index >= 15 is 0 Å². The van der Waals surface area contributed by atoms with E-state index in [0.717, 1.165) is 27.6 Å². The number of aliphatic carboxylic acids is 1. The minimum absolute atomic E-state index is 0.00841. The van der Waals surface area contributed by atoms with Gasteiger partial charge in [-0.3, -0.25) is 24.1 Å². The third kappa shape index (κ3) is 3.57. The van der Waals surface area contributed by atoms with Crippen LogP contribution in [0.3, 0.4) is 0 Å². The molecule has 7 atom stereocenters. The number of hydrogen-bond acceptors (Lipinski definition) is 7. The number of carbonyl (C=O) groups is 3. The molecule has 0 unspecified atom stereocenters. The molecular formula is C28H24N2O6S2. The fourth-order valence-corrected chi connectivity index (χ4v) is 10.2. The number of thioether (sulfide) groups is 1. The SMILES string of the molecule is O=C(O)CCN1C(=O)[C@@H]2[C@H]3C[C@@H]([C@@H]2C1=O)[C@@H]1[C@@H](c2cccc(Oc4ccccc4)c2)c2sc(=O)[nH]c2S[C@@H]31. The predicted octanol–water partition coefficient (Wildman–Crippen LogP) is 4.18. The maximum atomic E-state index is 13.5. The second kappa shape index (κ2) is 8.84. The summed E-state index contributed by atoms with van der Waals surface area (Å²) in [5, 5.41) is 10.1. The number of fused-ring (bicyclic) bond motifs is 9. The van der Waals surface area contributed by atoms with Crippen LogP contribution < -0.4 is 9.61 Å². The molecule has 2 amide bonds. The van der Waals surface area contributed by atoms with Crippen molar-refractivity contribution in [1.29, 1.82) is 0 Å². The van der Waals surface area contributed by atoms with E-state index in [0.29, 0.717) is 5.75 Å². The van der Waals surface area contributed by atoms with E-state index in [4.69, 9.17) is 9.84 Å². The minimum Gasteiger partial charge on any atom is -0.481 e. The van der Waals surface area contributed by atoms with Gasteiger partial charge < -0.3 is 14.8 Å². The van der Waals surface area contributed by atoms with E-state index in [-0.39, 0.29) is 58.6 Å². The molecule has 8 nitrogen and oxygen atoms in total. The first kappa shape index (κ1) is 23.7. The Morgan fingerprint density at radius 2 is 1.74 bits per heavy atom. The summed E-state index contributed by atoms with van der Waals surface area (Å²) in [6.45, 7) is -0.0785. The summed E-state index contributed by atoms with van der Waals surface area (Å²) in [7, 11) is 0. The van der Waals surface area contributed by atoms with Crippen LogP contribution in [0.2, 0.25) is 0 Å². The quantitative estimate of drug-likeness (QED) is 0.444. The Hall–Kier alpha value is -3.37. The van der Waals surface area contributed by atoms with Gasteiger partial charge in [-0.2, -0.15) is 0 Å².